The Morgan fingerprint density at radius 1 is 1.05 bits per heavy atom. The molecule has 42 heavy (non-hydrogen) atoms. The van der Waals surface area contributed by atoms with E-state index < -0.39 is 41.3 Å². The van der Waals surface area contributed by atoms with Gasteiger partial charge >= 0.3 is 18.2 Å². The number of carboxylic acid groups (broad SMARTS) is 1. The molecule has 3 N–H and O–H groups in total. The highest BCUT2D eigenvalue weighted by Gasteiger charge is 2.51. The monoisotopic (exact) mass is 605 g/mol. The van der Waals surface area contributed by atoms with Crippen LogP contribution in [0.15, 0.2) is 30.3 Å². The molecule has 0 aromatic heterocycles. The lowest BCUT2D eigenvalue weighted by Gasteiger charge is -2.45. The number of carbonyl (C=O) groups is 2. The highest BCUT2D eigenvalue weighted by Crippen LogP contribution is 2.50. The van der Waals surface area contributed by atoms with Gasteiger partial charge in [0.25, 0.3) is 0 Å². The zero-order valence-corrected chi connectivity index (χ0v) is 23.3. The number of aliphatic carboxylic acids is 1. The maximum Gasteiger partial charge on any atom is 0.490 e. The minimum atomic E-state index is -5.08. The summed E-state index contributed by atoms with van der Waals surface area (Å²) in [6.45, 7) is 4.07. The van der Waals surface area contributed by atoms with Gasteiger partial charge < -0.3 is 25.2 Å². The number of urea groups is 1. The van der Waals surface area contributed by atoms with Crippen LogP contribution in [0.1, 0.15) is 44.6 Å². The summed E-state index contributed by atoms with van der Waals surface area (Å²) < 4.78 is 83.4. The zero-order valence-electron chi connectivity index (χ0n) is 23.3. The number of nitrogens with one attached hydrogen (secondary N) is 2. The number of hydrogen-bond acceptors (Lipinski definition) is 5. The molecule has 8 nitrogen and oxygen atoms in total. The van der Waals surface area contributed by atoms with E-state index in [0.29, 0.717) is 11.5 Å². The molecule has 2 fully saturated rings. The Bertz CT molecular complexity index is 1280. The van der Waals surface area contributed by atoms with Crippen molar-refractivity contribution >= 4 is 17.7 Å². The van der Waals surface area contributed by atoms with Crippen LogP contribution >= 0.6 is 0 Å². The van der Waals surface area contributed by atoms with Crippen LogP contribution < -0.4 is 20.1 Å². The van der Waals surface area contributed by atoms with Crippen molar-refractivity contribution < 1.29 is 50.5 Å². The lowest BCUT2D eigenvalue weighted by Crippen LogP contribution is -2.53. The van der Waals surface area contributed by atoms with Crippen LogP contribution in [0.5, 0.6) is 11.5 Å². The van der Waals surface area contributed by atoms with Gasteiger partial charge in [-0.3, -0.25) is 4.90 Å². The number of alkyl halides is 3. The topological polar surface area (TPSA) is 100 Å². The van der Waals surface area contributed by atoms with Crippen molar-refractivity contribution in [1.82, 2.24) is 10.2 Å². The number of hydrogen-bond donors (Lipinski definition) is 3. The molecule has 0 bridgehead atoms. The standard InChI is InChI=1S/C26H32F3N3O3.C2HF3O2/c1-4-12-32-13-11-26(16-5-8-20(34-2)21(14-16)35-3)10-9-17(15-22(26)32)30-25(33)31-19-7-6-18(27)23(28)24(19)29;3-2(4,5)1(6)7/h5-8,14,17,22H,4,9-13,15H2,1-3H3,(H2,30,31,33);(H,6,7). The second-order valence-corrected chi connectivity index (χ2v) is 10.1. The van der Waals surface area contributed by atoms with Gasteiger partial charge in [-0.05, 0) is 75.0 Å². The van der Waals surface area contributed by atoms with Gasteiger partial charge in [0.1, 0.15) is 0 Å². The Balaban J connectivity index is 0.000000616. The predicted molar refractivity (Wildman–Crippen MR) is 141 cm³/mol. The van der Waals surface area contributed by atoms with Crippen LogP contribution in [-0.2, 0) is 10.2 Å². The molecule has 0 radical (unpaired) electrons. The van der Waals surface area contributed by atoms with Gasteiger partial charge in [0.15, 0.2) is 29.0 Å². The number of benzene rings is 2. The van der Waals surface area contributed by atoms with Crippen LogP contribution in [0.4, 0.5) is 36.8 Å². The van der Waals surface area contributed by atoms with E-state index in [0.717, 1.165) is 57.3 Å². The fraction of sp³-hybridized carbons (Fsp3) is 0.500. The molecule has 232 valence electrons. The smallest absolute Gasteiger partial charge is 0.490 e. The SMILES string of the molecule is CCCN1CCC2(c3ccc(OC)c(OC)c3)CCC(NC(=O)Nc3ccc(F)c(F)c3F)CC12.O=C(O)C(F)(F)F. The van der Waals surface area contributed by atoms with Crippen molar-refractivity contribution in [2.24, 2.45) is 0 Å². The van der Waals surface area contributed by atoms with E-state index in [1.54, 1.807) is 14.2 Å². The van der Waals surface area contributed by atoms with Gasteiger partial charge in [-0.1, -0.05) is 13.0 Å². The number of anilines is 1. The third-order valence-electron chi connectivity index (χ3n) is 7.70. The number of halogens is 6. The van der Waals surface area contributed by atoms with Crippen molar-refractivity contribution in [2.75, 3.05) is 32.6 Å². The average Bonchev–Trinajstić information content (AvgIpc) is 3.31. The summed E-state index contributed by atoms with van der Waals surface area (Å²) in [7, 11) is 3.25. The molecule has 3 unspecified atom stereocenters. The summed E-state index contributed by atoms with van der Waals surface area (Å²) >= 11 is 0. The van der Waals surface area contributed by atoms with E-state index in [-0.39, 0.29) is 17.5 Å². The van der Waals surface area contributed by atoms with E-state index in [9.17, 15) is 31.1 Å². The third kappa shape index (κ3) is 7.20. The summed E-state index contributed by atoms with van der Waals surface area (Å²) in [5.41, 5.74) is 0.728. The molecular formula is C28H33F6N3O5. The van der Waals surface area contributed by atoms with Gasteiger partial charge in [-0.2, -0.15) is 13.2 Å². The second-order valence-electron chi connectivity index (χ2n) is 10.1. The molecular weight excluding hydrogens is 572 g/mol. The first-order valence-corrected chi connectivity index (χ1v) is 13.2. The Kier molecular flexibility index (Phi) is 10.6. The number of likely N-dealkylation sites (tertiary alicyclic amines) is 1. The van der Waals surface area contributed by atoms with E-state index in [1.807, 2.05) is 6.07 Å². The first-order chi connectivity index (χ1) is 19.8. The molecule has 2 aromatic rings. The van der Waals surface area contributed by atoms with Gasteiger partial charge in [0, 0.05) is 17.5 Å². The predicted octanol–water partition coefficient (Wildman–Crippen LogP) is 5.85. The Morgan fingerprint density at radius 3 is 2.31 bits per heavy atom. The maximum absolute atomic E-state index is 14.0. The van der Waals surface area contributed by atoms with Crippen molar-refractivity contribution in [3.05, 3.63) is 53.3 Å². The molecule has 0 spiro atoms. The fourth-order valence-electron chi connectivity index (χ4n) is 5.78. The minimum Gasteiger partial charge on any atom is -0.493 e. The quantitative estimate of drug-likeness (QED) is 0.271. The Hall–Kier alpha value is -3.68. The molecule has 14 heteroatoms. The molecule has 4 rings (SSSR count). The van der Waals surface area contributed by atoms with Crippen LogP contribution in [0.2, 0.25) is 0 Å². The first kappa shape index (κ1) is 32.8. The maximum atomic E-state index is 14.0. The second kappa shape index (κ2) is 13.5. The van der Waals surface area contributed by atoms with Gasteiger partial charge in [0.05, 0.1) is 19.9 Å². The number of ether oxygens (including phenoxy) is 2. The van der Waals surface area contributed by atoms with Gasteiger partial charge in [-0.25, -0.2) is 22.8 Å². The number of fused-ring (bicyclic) bond motifs is 1. The fourth-order valence-corrected chi connectivity index (χ4v) is 5.78. The van der Waals surface area contributed by atoms with Gasteiger partial charge in [0.2, 0.25) is 0 Å². The molecule has 1 saturated heterocycles. The molecule has 1 saturated carbocycles. The summed E-state index contributed by atoms with van der Waals surface area (Å²) in [6, 6.07) is 7.33. The number of amides is 2. The van der Waals surface area contributed by atoms with Crippen LogP contribution in [0.25, 0.3) is 0 Å². The number of carboxylic acids is 1. The Morgan fingerprint density at radius 2 is 1.71 bits per heavy atom. The van der Waals surface area contributed by atoms with Crippen molar-refractivity contribution in [3.8, 4) is 11.5 Å². The Labute approximate surface area is 239 Å². The lowest BCUT2D eigenvalue weighted by atomic mass is 9.65. The molecule has 1 aliphatic heterocycles. The van der Waals surface area contributed by atoms with Crippen molar-refractivity contribution in [3.63, 3.8) is 0 Å². The van der Waals surface area contributed by atoms with Crippen molar-refractivity contribution in [2.45, 2.75) is 62.7 Å². The summed E-state index contributed by atoms with van der Waals surface area (Å²) in [6.07, 6.45) is -0.739. The van der Waals surface area contributed by atoms with Gasteiger partial charge in [-0.15, -0.1) is 0 Å². The number of methoxy groups -OCH3 is 2. The summed E-state index contributed by atoms with van der Waals surface area (Å²) in [5, 5.41) is 12.3. The molecule has 1 heterocycles. The highest BCUT2D eigenvalue weighted by molar-refractivity contribution is 5.89. The molecule has 3 atom stereocenters. The first-order valence-electron chi connectivity index (χ1n) is 13.2. The molecule has 1 aliphatic carbocycles. The number of carbonyl (C=O) groups excluding carboxylic acids is 1. The lowest BCUT2D eigenvalue weighted by molar-refractivity contribution is -0.192. The van der Waals surface area contributed by atoms with Crippen LogP contribution in [-0.4, -0.2) is 67.6 Å². The normalized spacial score (nSPS) is 21.9. The largest absolute Gasteiger partial charge is 0.493 e. The zero-order chi connectivity index (χ0) is 31.2. The van der Waals surface area contributed by atoms with E-state index in [2.05, 4.69) is 34.6 Å². The summed E-state index contributed by atoms with van der Waals surface area (Å²) in [5.74, 6) is -5.70. The van der Waals surface area contributed by atoms with E-state index in [4.69, 9.17) is 19.4 Å². The average molecular weight is 606 g/mol. The minimum absolute atomic E-state index is 0.0738. The van der Waals surface area contributed by atoms with Crippen LogP contribution in [0.3, 0.4) is 0 Å². The molecule has 2 aromatic carbocycles. The highest BCUT2D eigenvalue weighted by atomic mass is 19.4. The number of rotatable bonds is 7. The number of nitrogens with zero attached hydrogens (tertiary/aromatic N) is 1. The van der Waals surface area contributed by atoms with E-state index in [1.165, 1.54) is 5.56 Å². The van der Waals surface area contributed by atoms with Crippen LogP contribution in [0, 0.1) is 17.5 Å². The summed E-state index contributed by atoms with van der Waals surface area (Å²) in [4.78, 5) is 24.0. The molecule has 2 amide bonds. The molecule has 2 aliphatic rings. The third-order valence-corrected chi connectivity index (χ3v) is 7.70. The van der Waals surface area contributed by atoms with Crippen molar-refractivity contribution in [1.29, 1.82) is 0 Å². The van der Waals surface area contributed by atoms with E-state index >= 15 is 0 Å².